The Balaban J connectivity index is 1.28. The number of aryl methyl sites for hydroxylation is 2. The summed E-state index contributed by atoms with van der Waals surface area (Å²) < 4.78 is 42.3. The van der Waals surface area contributed by atoms with Crippen LogP contribution in [0, 0.1) is 23.4 Å². The molecule has 1 aliphatic carbocycles. The molecule has 0 N–H and O–H groups in total. The fourth-order valence-corrected chi connectivity index (χ4v) is 5.46. The van der Waals surface area contributed by atoms with E-state index in [0.29, 0.717) is 11.8 Å². The predicted octanol–water partition coefficient (Wildman–Crippen LogP) is 10.1. The zero-order valence-corrected chi connectivity index (χ0v) is 21.2. The molecule has 0 aliphatic heterocycles. The molecule has 0 saturated heterocycles. The van der Waals surface area contributed by atoms with Crippen molar-refractivity contribution in [3.05, 3.63) is 93.8 Å². The van der Waals surface area contributed by atoms with Gasteiger partial charge in [-0.3, -0.25) is 0 Å². The van der Waals surface area contributed by atoms with Crippen LogP contribution in [0.1, 0.15) is 80.9 Å². The SMILES string of the molecule is CCCCCc1ccc(C2CCC(CCc3ccc(-c4cc(F)c(Cl)c(F)c4)c(F)c3)CC2)cc1. The van der Waals surface area contributed by atoms with Crippen molar-refractivity contribution >= 4 is 11.6 Å². The van der Waals surface area contributed by atoms with Crippen LogP contribution in [0.3, 0.4) is 0 Å². The Hall–Kier alpha value is -2.26. The highest BCUT2D eigenvalue weighted by atomic mass is 35.5. The van der Waals surface area contributed by atoms with Crippen LogP contribution >= 0.6 is 11.6 Å². The van der Waals surface area contributed by atoms with E-state index in [9.17, 15) is 13.2 Å². The molecule has 0 amide bonds. The fourth-order valence-electron chi connectivity index (χ4n) is 5.35. The Morgan fingerprint density at radius 2 is 1.40 bits per heavy atom. The van der Waals surface area contributed by atoms with Gasteiger partial charge in [0.25, 0.3) is 0 Å². The normalized spacial score (nSPS) is 18.1. The lowest BCUT2D eigenvalue weighted by Crippen LogP contribution is -2.14. The van der Waals surface area contributed by atoms with Crippen molar-refractivity contribution in [2.24, 2.45) is 5.92 Å². The lowest BCUT2D eigenvalue weighted by atomic mass is 9.76. The summed E-state index contributed by atoms with van der Waals surface area (Å²) in [7, 11) is 0. The maximum atomic E-state index is 14.7. The van der Waals surface area contributed by atoms with Crippen molar-refractivity contribution in [3.8, 4) is 11.1 Å². The average Bonchev–Trinajstić information content (AvgIpc) is 2.87. The number of hydrogen-bond donors (Lipinski definition) is 0. The summed E-state index contributed by atoms with van der Waals surface area (Å²) in [5.41, 5.74) is 4.17. The number of halogens is 4. The van der Waals surface area contributed by atoms with Crippen molar-refractivity contribution in [2.45, 2.75) is 77.0 Å². The molecular formula is C31H34ClF3. The molecule has 0 aromatic heterocycles. The molecule has 35 heavy (non-hydrogen) atoms. The second-order valence-electron chi connectivity index (χ2n) is 10.0. The minimum Gasteiger partial charge on any atom is -0.206 e. The molecule has 4 rings (SSSR count). The van der Waals surface area contributed by atoms with Gasteiger partial charge in [0.05, 0.1) is 0 Å². The second-order valence-corrected chi connectivity index (χ2v) is 10.4. The van der Waals surface area contributed by atoms with E-state index in [1.165, 1.54) is 68.6 Å². The van der Waals surface area contributed by atoms with Crippen molar-refractivity contribution in [2.75, 3.05) is 0 Å². The summed E-state index contributed by atoms with van der Waals surface area (Å²) in [5, 5.41) is -0.570. The van der Waals surface area contributed by atoms with Crippen LogP contribution in [0.15, 0.2) is 54.6 Å². The number of hydrogen-bond acceptors (Lipinski definition) is 0. The average molecular weight is 499 g/mol. The Bertz CT molecular complexity index is 1090. The van der Waals surface area contributed by atoms with E-state index in [2.05, 4.69) is 31.2 Å². The van der Waals surface area contributed by atoms with Crippen LogP contribution in [0.2, 0.25) is 5.02 Å². The van der Waals surface area contributed by atoms with Crippen LogP contribution in [-0.2, 0) is 12.8 Å². The van der Waals surface area contributed by atoms with Crippen LogP contribution < -0.4 is 0 Å². The van der Waals surface area contributed by atoms with Gasteiger partial charge in [-0.1, -0.05) is 67.8 Å². The molecule has 1 fully saturated rings. The topological polar surface area (TPSA) is 0 Å². The van der Waals surface area contributed by atoms with Crippen LogP contribution in [0.25, 0.3) is 11.1 Å². The molecule has 0 unspecified atom stereocenters. The van der Waals surface area contributed by atoms with Gasteiger partial charge in [-0.15, -0.1) is 0 Å². The molecule has 3 aromatic rings. The molecule has 0 atom stereocenters. The molecule has 1 saturated carbocycles. The lowest BCUT2D eigenvalue weighted by molar-refractivity contribution is 0.310. The molecule has 0 nitrogen and oxygen atoms in total. The Morgan fingerprint density at radius 1 is 0.743 bits per heavy atom. The highest BCUT2D eigenvalue weighted by Gasteiger charge is 2.22. The van der Waals surface area contributed by atoms with Gasteiger partial charge in [0.1, 0.15) is 22.5 Å². The van der Waals surface area contributed by atoms with Crippen LogP contribution in [-0.4, -0.2) is 0 Å². The summed E-state index contributed by atoms with van der Waals surface area (Å²) in [4.78, 5) is 0. The van der Waals surface area contributed by atoms with Gasteiger partial charge >= 0.3 is 0 Å². The molecule has 0 radical (unpaired) electrons. The molecule has 3 aromatic carbocycles. The highest BCUT2D eigenvalue weighted by Crippen LogP contribution is 2.38. The van der Waals surface area contributed by atoms with E-state index in [-0.39, 0.29) is 11.1 Å². The standard InChI is InChI=1S/C31H34ClF3/c1-2-3-4-5-21-8-13-24(14-9-21)25-15-10-22(11-16-25)6-7-23-12-17-27(28(33)18-23)26-19-29(34)31(32)30(35)20-26/h8-9,12-14,17-20,22,25H,2-7,10-11,15-16H2,1H3. The van der Waals surface area contributed by atoms with E-state index < -0.39 is 22.5 Å². The summed E-state index contributed by atoms with van der Waals surface area (Å²) >= 11 is 5.54. The lowest BCUT2D eigenvalue weighted by Gasteiger charge is -2.29. The molecule has 0 spiro atoms. The zero-order valence-electron chi connectivity index (χ0n) is 20.4. The molecule has 1 aliphatic rings. The fraction of sp³-hybridized carbons (Fsp3) is 0.419. The van der Waals surface area contributed by atoms with Gasteiger partial charge in [-0.2, -0.15) is 0 Å². The Kier molecular flexibility index (Phi) is 8.94. The van der Waals surface area contributed by atoms with E-state index in [4.69, 9.17) is 11.6 Å². The third-order valence-corrected chi connectivity index (χ3v) is 7.90. The molecular weight excluding hydrogens is 465 g/mol. The van der Waals surface area contributed by atoms with Crippen molar-refractivity contribution < 1.29 is 13.2 Å². The first kappa shape index (κ1) is 25.8. The zero-order chi connectivity index (χ0) is 24.8. The van der Waals surface area contributed by atoms with Gasteiger partial charge in [0.15, 0.2) is 0 Å². The first-order chi connectivity index (χ1) is 16.9. The Morgan fingerprint density at radius 3 is 2.03 bits per heavy atom. The van der Waals surface area contributed by atoms with Gasteiger partial charge in [0.2, 0.25) is 0 Å². The number of unbranched alkanes of at least 4 members (excludes halogenated alkanes) is 2. The maximum absolute atomic E-state index is 14.7. The van der Waals surface area contributed by atoms with E-state index >= 15 is 0 Å². The summed E-state index contributed by atoms with van der Waals surface area (Å²) in [5.74, 6) is -0.938. The van der Waals surface area contributed by atoms with Crippen molar-refractivity contribution in [1.82, 2.24) is 0 Å². The van der Waals surface area contributed by atoms with E-state index in [1.807, 2.05) is 6.07 Å². The molecule has 4 heteroatoms. The monoisotopic (exact) mass is 498 g/mol. The minimum absolute atomic E-state index is 0.153. The quantitative estimate of drug-likeness (QED) is 0.203. The highest BCUT2D eigenvalue weighted by molar-refractivity contribution is 6.31. The Labute approximate surface area is 212 Å². The summed E-state index contributed by atoms with van der Waals surface area (Å²) in [6.07, 6.45) is 11.7. The van der Waals surface area contributed by atoms with Gasteiger partial charge in [-0.05, 0) is 104 Å². The van der Waals surface area contributed by atoms with E-state index in [1.54, 1.807) is 6.07 Å². The van der Waals surface area contributed by atoms with Crippen molar-refractivity contribution in [3.63, 3.8) is 0 Å². The summed E-state index contributed by atoms with van der Waals surface area (Å²) in [6, 6.07) is 16.4. The molecule has 0 heterocycles. The smallest absolute Gasteiger partial charge is 0.145 e. The third-order valence-electron chi connectivity index (χ3n) is 7.54. The summed E-state index contributed by atoms with van der Waals surface area (Å²) in [6.45, 7) is 2.24. The third kappa shape index (κ3) is 6.70. The first-order valence-electron chi connectivity index (χ1n) is 13.0. The van der Waals surface area contributed by atoms with E-state index in [0.717, 1.165) is 30.5 Å². The first-order valence-corrected chi connectivity index (χ1v) is 13.3. The molecule has 0 bridgehead atoms. The van der Waals surface area contributed by atoms with Gasteiger partial charge in [-0.25, -0.2) is 13.2 Å². The molecule has 186 valence electrons. The van der Waals surface area contributed by atoms with Crippen molar-refractivity contribution in [1.29, 1.82) is 0 Å². The van der Waals surface area contributed by atoms with Crippen LogP contribution in [0.4, 0.5) is 13.2 Å². The maximum Gasteiger partial charge on any atom is 0.145 e. The second kappa shape index (κ2) is 12.1. The minimum atomic E-state index is -0.885. The largest absolute Gasteiger partial charge is 0.206 e. The predicted molar refractivity (Wildman–Crippen MR) is 139 cm³/mol. The van der Waals surface area contributed by atoms with Gasteiger partial charge in [0, 0.05) is 5.56 Å². The number of benzene rings is 3. The van der Waals surface area contributed by atoms with Crippen LogP contribution in [0.5, 0.6) is 0 Å². The van der Waals surface area contributed by atoms with Gasteiger partial charge < -0.3 is 0 Å². The number of rotatable bonds is 9.